The van der Waals surface area contributed by atoms with Crippen LogP contribution >= 0.6 is 0 Å². The molecule has 0 saturated heterocycles. The minimum atomic E-state index is -0.115. The van der Waals surface area contributed by atoms with Crippen LogP contribution in [-0.4, -0.2) is 28.1 Å². The van der Waals surface area contributed by atoms with E-state index in [0.29, 0.717) is 13.0 Å². The monoisotopic (exact) mass is 362 g/mol. The maximum absolute atomic E-state index is 12.1. The summed E-state index contributed by atoms with van der Waals surface area (Å²) in [6.07, 6.45) is 4.83. The van der Waals surface area contributed by atoms with Crippen molar-refractivity contribution in [2.75, 3.05) is 11.9 Å². The molecule has 3 aromatic rings. The van der Waals surface area contributed by atoms with Gasteiger partial charge in [-0.25, -0.2) is 4.68 Å². The molecule has 0 aliphatic heterocycles. The van der Waals surface area contributed by atoms with Gasteiger partial charge in [0.05, 0.1) is 18.3 Å². The van der Waals surface area contributed by atoms with Crippen molar-refractivity contribution in [3.05, 3.63) is 78.1 Å². The van der Waals surface area contributed by atoms with Crippen LogP contribution in [0, 0.1) is 0 Å². The van der Waals surface area contributed by atoms with Crippen LogP contribution in [0.2, 0.25) is 0 Å². The fourth-order valence-corrected chi connectivity index (χ4v) is 2.71. The molecule has 0 radical (unpaired) electrons. The lowest BCUT2D eigenvalue weighted by molar-refractivity contribution is -0.120. The molecule has 0 unspecified atom stereocenters. The molecular formula is C21H22N4O2. The van der Waals surface area contributed by atoms with Crippen LogP contribution in [0.5, 0.6) is 0 Å². The van der Waals surface area contributed by atoms with Gasteiger partial charge in [0, 0.05) is 25.4 Å². The van der Waals surface area contributed by atoms with Gasteiger partial charge < -0.3 is 10.6 Å². The van der Waals surface area contributed by atoms with Crippen molar-refractivity contribution >= 4 is 17.5 Å². The van der Waals surface area contributed by atoms with Gasteiger partial charge in [0.15, 0.2) is 0 Å². The van der Waals surface area contributed by atoms with Gasteiger partial charge >= 0.3 is 0 Å². The molecule has 0 fully saturated rings. The third kappa shape index (κ3) is 5.54. The molecule has 0 aliphatic rings. The number of aromatic nitrogens is 2. The van der Waals surface area contributed by atoms with E-state index in [1.54, 1.807) is 12.1 Å². The Balaban J connectivity index is 1.44. The van der Waals surface area contributed by atoms with E-state index in [1.165, 1.54) is 6.92 Å². The number of hydrogen-bond acceptors (Lipinski definition) is 3. The SMILES string of the molecule is CC(=O)Nc1ccc(CC(=O)NCCc2cnn(-c3ccccc3)c2)cc1. The summed E-state index contributed by atoms with van der Waals surface area (Å²) in [5.74, 6) is -0.145. The largest absolute Gasteiger partial charge is 0.355 e. The number of para-hydroxylation sites is 1. The second-order valence-corrected chi connectivity index (χ2v) is 6.28. The average molecular weight is 362 g/mol. The van der Waals surface area contributed by atoms with Crippen molar-refractivity contribution in [1.29, 1.82) is 0 Å². The van der Waals surface area contributed by atoms with Gasteiger partial charge in [0.25, 0.3) is 0 Å². The summed E-state index contributed by atoms with van der Waals surface area (Å²) in [5, 5.41) is 9.99. The van der Waals surface area contributed by atoms with Gasteiger partial charge in [-0.15, -0.1) is 0 Å². The van der Waals surface area contributed by atoms with Crippen LogP contribution in [0.15, 0.2) is 67.0 Å². The fourth-order valence-electron chi connectivity index (χ4n) is 2.71. The molecule has 6 heteroatoms. The lowest BCUT2D eigenvalue weighted by atomic mass is 10.1. The molecule has 0 aliphatic carbocycles. The third-order valence-electron chi connectivity index (χ3n) is 4.03. The third-order valence-corrected chi connectivity index (χ3v) is 4.03. The van der Waals surface area contributed by atoms with E-state index in [4.69, 9.17) is 0 Å². The number of hydrogen-bond donors (Lipinski definition) is 2. The number of amides is 2. The predicted octanol–water partition coefficient (Wildman–Crippen LogP) is 2.73. The van der Waals surface area contributed by atoms with Crippen LogP contribution in [-0.2, 0) is 22.4 Å². The van der Waals surface area contributed by atoms with Crippen molar-refractivity contribution in [2.45, 2.75) is 19.8 Å². The Bertz CT molecular complexity index is 901. The smallest absolute Gasteiger partial charge is 0.224 e. The maximum Gasteiger partial charge on any atom is 0.224 e. The average Bonchev–Trinajstić information content (AvgIpc) is 3.13. The zero-order valence-electron chi connectivity index (χ0n) is 15.2. The number of nitrogens with one attached hydrogen (secondary N) is 2. The van der Waals surface area contributed by atoms with Crippen molar-refractivity contribution in [3.8, 4) is 5.69 Å². The first kappa shape index (κ1) is 18.4. The second-order valence-electron chi connectivity index (χ2n) is 6.28. The molecule has 0 atom stereocenters. The van der Waals surface area contributed by atoms with Gasteiger partial charge in [0.1, 0.15) is 0 Å². The topological polar surface area (TPSA) is 76.0 Å². The van der Waals surface area contributed by atoms with Crippen LogP contribution in [0.1, 0.15) is 18.1 Å². The lowest BCUT2D eigenvalue weighted by Gasteiger charge is -2.06. The normalized spacial score (nSPS) is 10.4. The number of anilines is 1. The van der Waals surface area contributed by atoms with Crippen molar-refractivity contribution in [1.82, 2.24) is 15.1 Å². The predicted molar refractivity (Wildman–Crippen MR) is 105 cm³/mol. The summed E-state index contributed by atoms with van der Waals surface area (Å²) in [6.45, 7) is 2.02. The number of benzene rings is 2. The van der Waals surface area contributed by atoms with Crippen LogP contribution in [0.3, 0.4) is 0 Å². The Labute approximate surface area is 158 Å². The van der Waals surface area contributed by atoms with E-state index in [0.717, 1.165) is 28.9 Å². The summed E-state index contributed by atoms with van der Waals surface area (Å²) in [4.78, 5) is 23.1. The summed E-state index contributed by atoms with van der Waals surface area (Å²) in [5.41, 5.74) is 3.70. The first-order valence-electron chi connectivity index (χ1n) is 8.82. The Morgan fingerprint density at radius 1 is 1.00 bits per heavy atom. The molecule has 1 aromatic heterocycles. The highest BCUT2D eigenvalue weighted by Crippen LogP contribution is 2.10. The zero-order valence-corrected chi connectivity index (χ0v) is 15.2. The highest BCUT2D eigenvalue weighted by atomic mass is 16.2. The van der Waals surface area contributed by atoms with Gasteiger partial charge in [-0.2, -0.15) is 5.10 Å². The quantitative estimate of drug-likeness (QED) is 0.678. The van der Waals surface area contributed by atoms with Crippen molar-refractivity contribution in [3.63, 3.8) is 0 Å². The molecule has 3 rings (SSSR count). The molecule has 138 valence electrons. The standard InChI is InChI=1S/C21H22N4O2/c1-16(26)24-19-9-7-17(8-10-19)13-21(27)22-12-11-18-14-23-25(15-18)20-5-3-2-4-6-20/h2-10,14-15H,11-13H2,1H3,(H,22,27)(H,24,26). The first-order chi connectivity index (χ1) is 13.1. The summed E-state index contributed by atoms with van der Waals surface area (Å²) in [6, 6.07) is 17.2. The van der Waals surface area contributed by atoms with E-state index in [1.807, 2.05) is 59.5 Å². The van der Waals surface area contributed by atoms with E-state index < -0.39 is 0 Å². The zero-order chi connectivity index (χ0) is 19.1. The molecule has 6 nitrogen and oxygen atoms in total. The van der Waals surface area contributed by atoms with E-state index >= 15 is 0 Å². The summed E-state index contributed by atoms with van der Waals surface area (Å²) in [7, 11) is 0. The Hall–Kier alpha value is -3.41. The molecule has 2 N–H and O–H groups in total. The highest BCUT2D eigenvalue weighted by Gasteiger charge is 2.05. The van der Waals surface area contributed by atoms with E-state index in [9.17, 15) is 9.59 Å². The molecule has 2 amide bonds. The van der Waals surface area contributed by atoms with Crippen LogP contribution in [0.4, 0.5) is 5.69 Å². The second kappa shape index (κ2) is 8.80. The minimum absolute atomic E-state index is 0.0299. The Morgan fingerprint density at radius 2 is 1.74 bits per heavy atom. The molecule has 0 bridgehead atoms. The first-order valence-corrected chi connectivity index (χ1v) is 8.82. The van der Waals surface area contributed by atoms with Gasteiger partial charge in [-0.05, 0) is 41.8 Å². The number of carbonyl (C=O) groups is 2. The Kier molecular flexibility index (Phi) is 5.99. The molecule has 2 aromatic carbocycles. The van der Waals surface area contributed by atoms with E-state index in [-0.39, 0.29) is 11.8 Å². The highest BCUT2D eigenvalue weighted by molar-refractivity contribution is 5.88. The number of rotatable bonds is 7. The minimum Gasteiger partial charge on any atom is -0.355 e. The van der Waals surface area contributed by atoms with Crippen LogP contribution < -0.4 is 10.6 Å². The fraction of sp³-hybridized carbons (Fsp3) is 0.190. The number of nitrogens with zero attached hydrogens (tertiary/aromatic N) is 2. The Morgan fingerprint density at radius 3 is 2.44 bits per heavy atom. The maximum atomic E-state index is 12.1. The molecule has 0 saturated carbocycles. The summed E-state index contributed by atoms with van der Waals surface area (Å²) >= 11 is 0. The van der Waals surface area contributed by atoms with Gasteiger partial charge in [-0.3, -0.25) is 9.59 Å². The summed E-state index contributed by atoms with van der Waals surface area (Å²) < 4.78 is 1.83. The molecular weight excluding hydrogens is 340 g/mol. The molecule has 1 heterocycles. The van der Waals surface area contributed by atoms with Gasteiger partial charge in [0.2, 0.25) is 11.8 Å². The number of carbonyl (C=O) groups excluding carboxylic acids is 2. The van der Waals surface area contributed by atoms with Crippen molar-refractivity contribution < 1.29 is 9.59 Å². The van der Waals surface area contributed by atoms with Crippen molar-refractivity contribution in [2.24, 2.45) is 0 Å². The lowest BCUT2D eigenvalue weighted by Crippen LogP contribution is -2.27. The van der Waals surface area contributed by atoms with Gasteiger partial charge in [-0.1, -0.05) is 30.3 Å². The molecule has 27 heavy (non-hydrogen) atoms. The molecule has 0 spiro atoms. The van der Waals surface area contributed by atoms with E-state index in [2.05, 4.69) is 15.7 Å². The van der Waals surface area contributed by atoms with Crippen LogP contribution in [0.25, 0.3) is 5.69 Å².